The Hall–Kier alpha value is -1.49. The summed E-state index contributed by atoms with van der Waals surface area (Å²) in [4.78, 5) is 1.81. The normalized spacial score (nSPS) is 25.9. The van der Waals surface area contributed by atoms with Gasteiger partial charge in [-0.1, -0.05) is 54.1 Å². The minimum atomic E-state index is -2.52. The summed E-state index contributed by atoms with van der Waals surface area (Å²) in [6.45, 7) is 2.35. The lowest BCUT2D eigenvalue weighted by molar-refractivity contribution is -0.103. The quantitative estimate of drug-likeness (QED) is 0.822. The Morgan fingerprint density at radius 2 is 1.76 bits per heavy atom. The molecule has 5 heteroatoms. The summed E-state index contributed by atoms with van der Waals surface area (Å²) in [6, 6.07) is 15.3. The molecule has 0 aromatic heterocycles. The molecule has 0 saturated carbocycles. The van der Waals surface area contributed by atoms with Crippen molar-refractivity contribution in [1.29, 1.82) is 0 Å². The summed E-state index contributed by atoms with van der Waals surface area (Å²) in [6.07, 6.45) is -2.11. The van der Waals surface area contributed by atoms with E-state index in [9.17, 15) is 13.9 Å². The first-order valence-corrected chi connectivity index (χ1v) is 8.86. The van der Waals surface area contributed by atoms with Crippen LogP contribution in [0.2, 0.25) is 5.02 Å². The minimum absolute atomic E-state index is 0.00345. The minimum Gasteiger partial charge on any atom is -0.385 e. The largest absolute Gasteiger partial charge is 0.385 e. The molecule has 0 bridgehead atoms. The highest BCUT2D eigenvalue weighted by Gasteiger charge is 2.44. The monoisotopic (exact) mass is 365 g/mol. The Morgan fingerprint density at radius 1 is 1.12 bits per heavy atom. The van der Waals surface area contributed by atoms with Gasteiger partial charge in [-0.3, -0.25) is 4.90 Å². The van der Waals surface area contributed by atoms with Crippen LogP contribution in [0.5, 0.6) is 0 Å². The molecular weight excluding hydrogens is 344 g/mol. The van der Waals surface area contributed by atoms with Crippen LogP contribution in [-0.2, 0) is 5.60 Å². The number of likely N-dealkylation sites (tertiary alicyclic amines) is 1. The van der Waals surface area contributed by atoms with E-state index in [2.05, 4.69) is 0 Å². The topological polar surface area (TPSA) is 23.5 Å². The average Bonchev–Trinajstić information content (AvgIpc) is 2.62. The average molecular weight is 366 g/mol. The van der Waals surface area contributed by atoms with Crippen molar-refractivity contribution < 1.29 is 13.9 Å². The van der Waals surface area contributed by atoms with E-state index < -0.39 is 18.1 Å². The van der Waals surface area contributed by atoms with E-state index in [0.29, 0.717) is 23.6 Å². The van der Waals surface area contributed by atoms with Crippen molar-refractivity contribution in [3.63, 3.8) is 0 Å². The third-order valence-corrected chi connectivity index (χ3v) is 5.46. The van der Waals surface area contributed by atoms with Crippen molar-refractivity contribution in [2.24, 2.45) is 0 Å². The lowest BCUT2D eigenvalue weighted by atomic mass is 9.80. The van der Waals surface area contributed by atoms with E-state index in [1.807, 2.05) is 42.2 Å². The molecule has 0 spiro atoms. The fourth-order valence-corrected chi connectivity index (χ4v) is 3.83. The Balaban J connectivity index is 1.84. The van der Waals surface area contributed by atoms with Crippen molar-refractivity contribution in [2.75, 3.05) is 6.54 Å². The van der Waals surface area contributed by atoms with Gasteiger partial charge in [-0.2, -0.15) is 0 Å². The lowest BCUT2D eigenvalue weighted by Gasteiger charge is -2.46. The Labute approximate surface area is 152 Å². The summed E-state index contributed by atoms with van der Waals surface area (Å²) in [5, 5.41) is 11.6. The molecule has 2 aromatic rings. The Morgan fingerprint density at radius 3 is 2.36 bits per heavy atom. The maximum Gasteiger partial charge on any atom is 0.254 e. The smallest absolute Gasteiger partial charge is 0.254 e. The summed E-state index contributed by atoms with van der Waals surface area (Å²) >= 11 is 5.90. The number of hydrogen-bond acceptors (Lipinski definition) is 2. The molecule has 25 heavy (non-hydrogen) atoms. The van der Waals surface area contributed by atoms with Crippen molar-refractivity contribution in [1.82, 2.24) is 4.90 Å². The molecule has 1 fully saturated rings. The maximum atomic E-state index is 13.8. The number of rotatable bonds is 4. The molecule has 1 aliphatic heterocycles. The van der Waals surface area contributed by atoms with E-state index in [-0.39, 0.29) is 12.5 Å². The number of piperidine rings is 1. The van der Waals surface area contributed by atoms with Gasteiger partial charge in [0.1, 0.15) is 0 Å². The standard InChI is InChI=1S/C20H22ClF2NO/c1-14(15-5-3-2-4-6-15)24-12-11-20(25,13-18(24)19(22)23)16-7-9-17(21)10-8-16/h2-10,14,18-19,25H,11-13H2,1H3/t14-,18+,20?/m1/s1. The van der Waals surface area contributed by atoms with Gasteiger partial charge in [0.15, 0.2) is 0 Å². The number of halogens is 3. The number of alkyl halides is 2. The van der Waals surface area contributed by atoms with Crippen LogP contribution in [0.1, 0.15) is 36.9 Å². The summed E-state index contributed by atoms with van der Waals surface area (Å²) in [7, 11) is 0. The van der Waals surface area contributed by atoms with Crippen LogP contribution in [0.3, 0.4) is 0 Å². The van der Waals surface area contributed by atoms with Gasteiger partial charge in [-0.05, 0) is 36.6 Å². The number of hydrogen-bond donors (Lipinski definition) is 1. The van der Waals surface area contributed by atoms with Crippen LogP contribution in [0.4, 0.5) is 8.78 Å². The van der Waals surface area contributed by atoms with E-state index in [1.165, 1.54) is 0 Å². The van der Waals surface area contributed by atoms with E-state index in [1.54, 1.807) is 24.3 Å². The van der Waals surface area contributed by atoms with Crippen LogP contribution in [-0.4, -0.2) is 29.0 Å². The van der Waals surface area contributed by atoms with Gasteiger partial charge in [0.2, 0.25) is 0 Å². The zero-order valence-electron chi connectivity index (χ0n) is 14.1. The van der Waals surface area contributed by atoms with E-state index in [4.69, 9.17) is 11.6 Å². The molecule has 1 aliphatic rings. The first-order valence-electron chi connectivity index (χ1n) is 8.48. The predicted molar refractivity (Wildman–Crippen MR) is 95.9 cm³/mol. The van der Waals surface area contributed by atoms with Gasteiger partial charge < -0.3 is 5.11 Å². The van der Waals surface area contributed by atoms with Crippen molar-refractivity contribution >= 4 is 11.6 Å². The van der Waals surface area contributed by atoms with Gasteiger partial charge in [-0.25, -0.2) is 8.78 Å². The van der Waals surface area contributed by atoms with Gasteiger partial charge in [0, 0.05) is 24.0 Å². The zero-order valence-corrected chi connectivity index (χ0v) is 14.8. The second-order valence-corrected chi connectivity index (χ2v) is 7.16. The third kappa shape index (κ3) is 3.86. The summed E-state index contributed by atoms with van der Waals surface area (Å²) in [5.74, 6) is 0. The second kappa shape index (κ2) is 7.40. The van der Waals surface area contributed by atoms with Crippen LogP contribution < -0.4 is 0 Å². The molecule has 1 saturated heterocycles. The van der Waals surface area contributed by atoms with Gasteiger partial charge in [0.05, 0.1) is 11.6 Å². The third-order valence-electron chi connectivity index (χ3n) is 5.21. The molecule has 134 valence electrons. The molecule has 3 rings (SSSR count). The summed E-state index contributed by atoms with van der Waals surface area (Å²) < 4.78 is 27.6. The van der Waals surface area contributed by atoms with Gasteiger partial charge in [0.25, 0.3) is 6.43 Å². The fraction of sp³-hybridized carbons (Fsp3) is 0.400. The molecule has 2 aromatic carbocycles. The first-order chi connectivity index (χ1) is 11.9. The van der Waals surface area contributed by atoms with Crippen LogP contribution in [0.25, 0.3) is 0 Å². The Kier molecular flexibility index (Phi) is 5.42. The molecule has 0 amide bonds. The highest BCUT2D eigenvalue weighted by molar-refractivity contribution is 6.30. The maximum absolute atomic E-state index is 13.8. The molecule has 1 heterocycles. The highest BCUT2D eigenvalue weighted by atomic mass is 35.5. The molecule has 1 unspecified atom stereocenters. The lowest BCUT2D eigenvalue weighted by Crippen LogP contribution is -2.52. The molecule has 2 nitrogen and oxygen atoms in total. The second-order valence-electron chi connectivity index (χ2n) is 6.72. The van der Waals surface area contributed by atoms with Gasteiger partial charge >= 0.3 is 0 Å². The number of aliphatic hydroxyl groups is 1. The number of nitrogens with zero attached hydrogens (tertiary/aromatic N) is 1. The first kappa shape index (κ1) is 18.3. The molecule has 0 aliphatic carbocycles. The van der Waals surface area contributed by atoms with Crippen molar-refractivity contribution in [3.8, 4) is 0 Å². The Bertz CT molecular complexity index is 695. The van der Waals surface area contributed by atoms with Crippen LogP contribution >= 0.6 is 11.6 Å². The van der Waals surface area contributed by atoms with Crippen molar-refractivity contribution in [3.05, 3.63) is 70.7 Å². The molecule has 3 atom stereocenters. The molecule has 1 N–H and O–H groups in total. The SMILES string of the molecule is C[C@H](c1ccccc1)N1CCC(O)(c2ccc(Cl)cc2)C[C@H]1C(F)F. The molecule has 0 radical (unpaired) electrons. The molecular formula is C20H22ClF2NO. The van der Waals surface area contributed by atoms with E-state index in [0.717, 1.165) is 5.56 Å². The zero-order chi connectivity index (χ0) is 18.0. The number of benzene rings is 2. The predicted octanol–water partition coefficient (Wildman–Crippen LogP) is 5.02. The van der Waals surface area contributed by atoms with Crippen LogP contribution in [0, 0.1) is 0 Å². The highest BCUT2D eigenvalue weighted by Crippen LogP contribution is 2.41. The van der Waals surface area contributed by atoms with E-state index >= 15 is 0 Å². The fourth-order valence-electron chi connectivity index (χ4n) is 3.71. The van der Waals surface area contributed by atoms with Crippen molar-refractivity contribution in [2.45, 2.75) is 43.9 Å². The van der Waals surface area contributed by atoms with Gasteiger partial charge in [-0.15, -0.1) is 0 Å². The summed E-state index contributed by atoms with van der Waals surface area (Å²) in [5.41, 5.74) is 0.401. The van der Waals surface area contributed by atoms with Crippen LogP contribution in [0.15, 0.2) is 54.6 Å².